The molecule has 1 saturated carbocycles. The van der Waals surface area contributed by atoms with E-state index < -0.39 is 0 Å². The molecule has 2 atom stereocenters. The van der Waals surface area contributed by atoms with E-state index in [-0.39, 0.29) is 0 Å². The minimum Gasteiger partial charge on any atom is -0.271 e. The molecule has 1 heterocycles. The zero-order valence-corrected chi connectivity index (χ0v) is 8.52. The maximum atomic E-state index is 5.55. The second-order valence-corrected chi connectivity index (χ2v) is 4.66. The topological polar surface area (TPSA) is 38.0 Å². The Hall–Kier alpha value is -0.380. The zero-order valence-electron chi connectivity index (χ0n) is 7.70. The van der Waals surface area contributed by atoms with Crippen molar-refractivity contribution in [2.24, 2.45) is 5.84 Å². The maximum absolute atomic E-state index is 5.55. The fourth-order valence-electron chi connectivity index (χ4n) is 2.17. The van der Waals surface area contributed by atoms with Crippen molar-refractivity contribution in [3.8, 4) is 0 Å². The maximum Gasteiger partial charge on any atom is 0.0287 e. The first-order chi connectivity index (χ1) is 6.42. The van der Waals surface area contributed by atoms with Gasteiger partial charge < -0.3 is 0 Å². The van der Waals surface area contributed by atoms with E-state index in [2.05, 4.69) is 22.9 Å². The Bertz CT molecular complexity index is 245. The van der Waals surface area contributed by atoms with Crippen molar-refractivity contribution in [2.75, 3.05) is 0 Å². The van der Waals surface area contributed by atoms with Gasteiger partial charge in [-0.3, -0.25) is 11.3 Å². The van der Waals surface area contributed by atoms with Crippen LogP contribution in [0.1, 0.15) is 36.5 Å². The third-order valence-corrected chi connectivity index (χ3v) is 3.89. The number of hydrogen-bond acceptors (Lipinski definition) is 3. The molecule has 0 radical (unpaired) electrons. The minimum absolute atomic E-state index is 0.493. The van der Waals surface area contributed by atoms with E-state index in [4.69, 9.17) is 5.84 Å². The molecule has 1 aromatic rings. The summed E-state index contributed by atoms with van der Waals surface area (Å²) in [4.78, 5) is 1.49. The number of hydrogen-bond donors (Lipinski definition) is 2. The fourth-order valence-corrected chi connectivity index (χ4v) is 3.10. The highest BCUT2D eigenvalue weighted by Gasteiger charge is 2.25. The van der Waals surface area contributed by atoms with Crippen LogP contribution < -0.4 is 11.3 Å². The van der Waals surface area contributed by atoms with Crippen LogP contribution in [0.2, 0.25) is 0 Å². The molecule has 0 aliphatic heterocycles. The van der Waals surface area contributed by atoms with Crippen molar-refractivity contribution < 1.29 is 0 Å². The standard InChI is InChI=1S/C10H16N2S/c11-12-9-5-2-1-4-8(9)10-6-3-7-13-10/h3,6-9,12H,1-2,4-5,11H2. The van der Waals surface area contributed by atoms with Crippen LogP contribution in [0.5, 0.6) is 0 Å². The second kappa shape index (κ2) is 4.22. The number of nitrogens with two attached hydrogens (primary N) is 1. The molecule has 0 aromatic carbocycles. The van der Waals surface area contributed by atoms with Crippen molar-refractivity contribution in [1.82, 2.24) is 5.43 Å². The average molecular weight is 196 g/mol. The van der Waals surface area contributed by atoms with Crippen LogP contribution in [0, 0.1) is 0 Å². The molecular weight excluding hydrogens is 180 g/mol. The van der Waals surface area contributed by atoms with E-state index in [0.29, 0.717) is 12.0 Å². The van der Waals surface area contributed by atoms with Gasteiger partial charge in [0.15, 0.2) is 0 Å². The lowest BCUT2D eigenvalue weighted by Crippen LogP contribution is -2.41. The van der Waals surface area contributed by atoms with E-state index >= 15 is 0 Å². The summed E-state index contributed by atoms with van der Waals surface area (Å²) in [7, 11) is 0. The molecule has 2 nitrogen and oxygen atoms in total. The molecule has 1 fully saturated rings. The van der Waals surface area contributed by atoms with Gasteiger partial charge in [0, 0.05) is 16.8 Å². The van der Waals surface area contributed by atoms with Crippen molar-refractivity contribution in [2.45, 2.75) is 37.6 Å². The van der Waals surface area contributed by atoms with E-state index in [1.165, 1.54) is 30.6 Å². The monoisotopic (exact) mass is 196 g/mol. The molecule has 2 unspecified atom stereocenters. The van der Waals surface area contributed by atoms with E-state index in [1.54, 1.807) is 0 Å². The van der Waals surface area contributed by atoms with E-state index in [0.717, 1.165) is 0 Å². The van der Waals surface area contributed by atoms with Gasteiger partial charge in [-0.1, -0.05) is 18.9 Å². The summed E-state index contributed by atoms with van der Waals surface area (Å²) in [5.41, 5.74) is 2.95. The molecule has 1 aliphatic rings. The summed E-state index contributed by atoms with van der Waals surface area (Å²) in [6, 6.07) is 4.85. The van der Waals surface area contributed by atoms with Gasteiger partial charge in [0.05, 0.1) is 0 Å². The smallest absolute Gasteiger partial charge is 0.0287 e. The Morgan fingerprint density at radius 2 is 2.23 bits per heavy atom. The number of rotatable bonds is 2. The molecule has 1 aliphatic carbocycles. The highest BCUT2D eigenvalue weighted by molar-refractivity contribution is 7.10. The van der Waals surface area contributed by atoms with Gasteiger partial charge in [-0.15, -0.1) is 11.3 Å². The van der Waals surface area contributed by atoms with Gasteiger partial charge in [0.1, 0.15) is 0 Å². The van der Waals surface area contributed by atoms with Gasteiger partial charge in [-0.05, 0) is 24.3 Å². The lowest BCUT2D eigenvalue weighted by Gasteiger charge is -2.30. The van der Waals surface area contributed by atoms with Crippen LogP contribution in [-0.4, -0.2) is 6.04 Å². The minimum atomic E-state index is 0.493. The lowest BCUT2D eigenvalue weighted by atomic mass is 9.84. The predicted octanol–water partition coefficient (Wildman–Crippen LogP) is 2.24. The third kappa shape index (κ3) is 1.93. The van der Waals surface area contributed by atoms with Crippen molar-refractivity contribution in [1.29, 1.82) is 0 Å². The normalized spacial score (nSPS) is 29.0. The van der Waals surface area contributed by atoms with Crippen LogP contribution in [-0.2, 0) is 0 Å². The quantitative estimate of drug-likeness (QED) is 0.562. The molecule has 3 heteroatoms. The molecule has 13 heavy (non-hydrogen) atoms. The van der Waals surface area contributed by atoms with Crippen LogP contribution in [0.25, 0.3) is 0 Å². The second-order valence-electron chi connectivity index (χ2n) is 3.68. The van der Waals surface area contributed by atoms with Crippen molar-refractivity contribution in [3.63, 3.8) is 0 Å². The Kier molecular flexibility index (Phi) is 2.98. The Labute approximate surface area is 83.1 Å². The number of thiophene rings is 1. The van der Waals surface area contributed by atoms with Crippen LogP contribution in [0.4, 0.5) is 0 Å². The SMILES string of the molecule is NNC1CCCCC1c1cccs1. The fraction of sp³-hybridized carbons (Fsp3) is 0.600. The van der Waals surface area contributed by atoms with Gasteiger partial charge in [0.25, 0.3) is 0 Å². The molecule has 3 N–H and O–H groups in total. The van der Waals surface area contributed by atoms with Crippen LogP contribution in [0.3, 0.4) is 0 Å². The molecule has 0 bridgehead atoms. The summed E-state index contributed by atoms with van der Waals surface area (Å²) < 4.78 is 0. The summed E-state index contributed by atoms with van der Waals surface area (Å²) in [5.74, 6) is 6.21. The van der Waals surface area contributed by atoms with Gasteiger partial charge in [-0.25, -0.2) is 0 Å². The summed E-state index contributed by atoms with van der Waals surface area (Å²) in [6.07, 6.45) is 5.17. The number of nitrogens with one attached hydrogen (secondary N) is 1. The predicted molar refractivity (Wildman–Crippen MR) is 56.6 cm³/mol. The molecule has 1 aromatic heterocycles. The first-order valence-electron chi connectivity index (χ1n) is 4.91. The molecule has 0 saturated heterocycles. The Morgan fingerprint density at radius 1 is 1.38 bits per heavy atom. The van der Waals surface area contributed by atoms with Crippen molar-refractivity contribution >= 4 is 11.3 Å². The highest BCUT2D eigenvalue weighted by Crippen LogP contribution is 2.34. The largest absolute Gasteiger partial charge is 0.271 e. The number of hydrazine groups is 1. The first kappa shape index (κ1) is 9.19. The van der Waals surface area contributed by atoms with Gasteiger partial charge in [-0.2, -0.15) is 0 Å². The molecule has 0 amide bonds. The zero-order chi connectivity index (χ0) is 9.10. The lowest BCUT2D eigenvalue weighted by molar-refractivity contribution is 0.335. The highest BCUT2D eigenvalue weighted by atomic mass is 32.1. The molecular formula is C10H16N2S. The molecule has 0 spiro atoms. The van der Waals surface area contributed by atoms with E-state index in [9.17, 15) is 0 Å². The third-order valence-electron chi connectivity index (χ3n) is 2.89. The van der Waals surface area contributed by atoms with Crippen LogP contribution >= 0.6 is 11.3 Å². The van der Waals surface area contributed by atoms with Gasteiger partial charge >= 0.3 is 0 Å². The Balaban J connectivity index is 2.11. The first-order valence-corrected chi connectivity index (χ1v) is 5.79. The van der Waals surface area contributed by atoms with Crippen LogP contribution in [0.15, 0.2) is 17.5 Å². The summed E-state index contributed by atoms with van der Waals surface area (Å²) in [6.45, 7) is 0. The van der Waals surface area contributed by atoms with E-state index in [1.807, 2.05) is 11.3 Å². The molecule has 2 rings (SSSR count). The average Bonchev–Trinajstić information content (AvgIpc) is 2.70. The Morgan fingerprint density at radius 3 is 2.92 bits per heavy atom. The summed E-state index contributed by atoms with van der Waals surface area (Å²) >= 11 is 1.85. The van der Waals surface area contributed by atoms with Gasteiger partial charge in [0.2, 0.25) is 0 Å². The van der Waals surface area contributed by atoms with Crippen molar-refractivity contribution in [3.05, 3.63) is 22.4 Å². The summed E-state index contributed by atoms with van der Waals surface area (Å²) in [5, 5.41) is 2.15. The molecule has 72 valence electrons.